The predicted octanol–water partition coefficient (Wildman–Crippen LogP) is 1.64. The molecular weight excluding hydrogens is 209 g/mol. The number of carboxylic acids is 1. The average Bonchev–Trinajstić information content (AvgIpc) is 2.03. The number of hydrogen-bond acceptors (Lipinski definition) is 2. The molecule has 3 nitrogen and oxygen atoms in total. The van der Waals surface area contributed by atoms with E-state index in [-0.39, 0.29) is 18.0 Å². The summed E-state index contributed by atoms with van der Waals surface area (Å²) in [7, 11) is 0. The Morgan fingerprint density at radius 2 is 2.14 bits per heavy atom. The first kappa shape index (κ1) is 12.9. The third kappa shape index (κ3) is 2.68. The molecule has 0 amide bonds. The van der Waals surface area contributed by atoms with E-state index >= 15 is 0 Å². The van der Waals surface area contributed by atoms with E-state index in [4.69, 9.17) is 10.8 Å². The minimum Gasteiger partial charge on any atom is -0.480 e. The quantitative estimate of drug-likeness (QED) is 0.795. The van der Waals surface area contributed by atoms with Gasteiger partial charge in [0.25, 0.3) is 0 Å². The minimum absolute atomic E-state index is 0. The fraction of sp³-hybridized carbons (Fsp3) is 0.222. The SMILES string of the molecule is Cc1ccc([C@H](N)C(=O)O)c(F)c1.Cl. The van der Waals surface area contributed by atoms with Crippen molar-refractivity contribution in [2.45, 2.75) is 13.0 Å². The number of nitrogens with two attached hydrogens (primary N) is 1. The van der Waals surface area contributed by atoms with Crippen molar-refractivity contribution >= 4 is 18.4 Å². The molecule has 3 N–H and O–H groups in total. The van der Waals surface area contributed by atoms with Gasteiger partial charge in [-0.05, 0) is 18.6 Å². The summed E-state index contributed by atoms with van der Waals surface area (Å²) in [6, 6.07) is 2.99. The van der Waals surface area contributed by atoms with Gasteiger partial charge in [-0.25, -0.2) is 4.39 Å². The lowest BCUT2D eigenvalue weighted by Gasteiger charge is -2.07. The summed E-state index contributed by atoms with van der Waals surface area (Å²) in [6.45, 7) is 1.72. The molecule has 5 heteroatoms. The van der Waals surface area contributed by atoms with E-state index in [0.717, 1.165) is 5.56 Å². The van der Waals surface area contributed by atoms with E-state index in [1.54, 1.807) is 13.0 Å². The van der Waals surface area contributed by atoms with Gasteiger partial charge in [-0.3, -0.25) is 4.79 Å². The van der Waals surface area contributed by atoms with Gasteiger partial charge < -0.3 is 10.8 Å². The van der Waals surface area contributed by atoms with Crippen molar-refractivity contribution in [1.82, 2.24) is 0 Å². The Bertz CT molecular complexity index is 344. The van der Waals surface area contributed by atoms with Gasteiger partial charge >= 0.3 is 5.97 Å². The highest BCUT2D eigenvalue weighted by molar-refractivity contribution is 5.85. The molecular formula is C9H11ClFNO2. The molecule has 1 aromatic carbocycles. The zero-order valence-electron chi connectivity index (χ0n) is 7.53. The molecule has 0 bridgehead atoms. The Hall–Kier alpha value is -1.13. The van der Waals surface area contributed by atoms with Gasteiger partial charge in [0.2, 0.25) is 0 Å². The van der Waals surface area contributed by atoms with E-state index < -0.39 is 17.8 Å². The van der Waals surface area contributed by atoms with E-state index in [1.807, 2.05) is 0 Å². The monoisotopic (exact) mass is 219 g/mol. The van der Waals surface area contributed by atoms with E-state index in [2.05, 4.69) is 0 Å². The number of carbonyl (C=O) groups is 1. The highest BCUT2D eigenvalue weighted by Gasteiger charge is 2.17. The van der Waals surface area contributed by atoms with Crippen LogP contribution in [0.2, 0.25) is 0 Å². The minimum atomic E-state index is -1.29. The molecule has 0 fully saturated rings. The van der Waals surface area contributed by atoms with Crippen LogP contribution in [0.1, 0.15) is 17.2 Å². The first-order valence-electron chi connectivity index (χ1n) is 3.77. The second-order valence-corrected chi connectivity index (χ2v) is 2.84. The van der Waals surface area contributed by atoms with Crippen LogP contribution >= 0.6 is 12.4 Å². The number of aryl methyl sites for hydroxylation is 1. The second-order valence-electron chi connectivity index (χ2n) is 2.84. The van der Waals surface area contributed by atoms with Gasteiger partial charge in [-0.2, -0.15) is 0 Å². The summed E-state index contributed by atoms with van der Waals surface area (Å²) in [5.74, 6) is -1.81. The molecule has 0 aliphatic carbocycles. The largest absolute Gasteiger partial charge is 0.480 e. The van der Waals surface area contributed by atoms with Crippen LogP contribution in [0.15, 0.2) is 18.2 Å². The molecule has 1 aromatic rings. The van der Waals surface area contributed by atoms with Crippen LogP contribution in [-0.4, -0.2) is 11.1 Å². The molecule has 0 saturated carbocycles. The van der Waals surface area contributed by atoms with Gasteiger partial charge in [0.05, 0.1) is 0 Å². The third-order valence-electron chi connectivity index (χ3n) is 1.76. The van der Waals surface area contributed by atoms with Crippen LogP contribution < -0.4 is 5.73 Å². The highest BCUT2D eigenvalue weighted by Crippen LogP contribution is 2.16. The highest BCUT2D eigenvalue weighted by atomic mass is 35.5. The van der Waals surface area contributed by atoms with E-state index in [0.29, 0.717) is 0 Å². The Kier molecular flexibility index (Phi) is 4.53. The van der Waals surface area contributed by atoms with Crippen molar-refractivity contribution in [3.05, 3.63) is 35.1 Å². The summed E-state index contributed by atoms with van der Waals surface area (Å²) in [4.78, 5) is 10.4. The van der Waals surface area contributed by atoms with Crippen LogP contribution in [0.4, 0.5) is 4.39 Å². The molecule has 14 heavy (non-hydrogen) atoms. The van der Waals surface area contributed by atoms with Crippen LogP contribution in [0.5, 0.6) is 0 Å². The van der Waals surface area contributed by atoms with E-state index in [1.165, 1.54) is 12.1 Å². The molecule has 0 saturated heterocycles. The maximum absolute atomic E-state index is 13.1. The number of hydrogen-bond donors (Lipinski definition) is 2. The lowest BCUT2D eigenvalue weighted by molar-refractivity contribution is -0.138. The molecule has 0 radical (unpaired) electrons. The zero-order chi connectivity index (χ0) is 10.0. The van der Waals surface area contributed by atoms with Gasteiger partial charge in [-0.15, -0.1) is 12.4 Å². The van der Waals surface area contributed by atoms with Gasteiger partial charge in [0.1, 0.15) is 11.9 Å². The summed E-state index contributed by atoms with van der Waals surface area (Å²) in [5, 5.41) is 8.54. The fourth-order valence-corrected chi connectivity index (χ4v) is 1.02. The van der Waals surface area contributed by atoms with Crippen molar-refractivity contribution in [2.75, 3.05) is 0 Å². The summed E-state index contributed by atoms with van der Waals surface area (Å²) >= 11 is 0. The summed E-state index contributed by atoms with van der Waals surface area (Å²) in [5.41, 5.74) is 6.00. The maximum atomic E-state index is 13.1. The number of benzene rings is 1. The number of carboxylic acid groups (broad SMARTS) is 1. The van der Waals surface area contributed by atoms with Crippen molar-refractivity contribution in [3.63, 3.8) is 0 Å². The van der Waals surface area contributed by atoms with Gasteiger partial charge in [0.15, 0.2) is 0 Å². The Morgan fingerprint density at radius 3 is 2.57 bits per heavy atom. The molecule has 0 aliphatic heterocycles. The first-order chi connectivity index (χ1) is 6.02. The summed E-state index contributed by atoms with van der Waals surface area (Å²) < 4.78 is 13.1. The standard InChI is InChI=1S/C9H10FNO2.ClH/c1-5-2-3-6(7(10)4-5)8(11)9(12)13;/h2-4,8H,11H2,1H3,(H,12,13);1H/t8-;/m0./s1. The smallest absolute Gasteiger partial charge is 0.325 e. The molecule has 0 spiro atoms. The summed E-state index contributed by atoms with van der Waals surface area (Å²) in [6.07, 6.45) is 0. The lowest BCUT2D eigenvalue weighted by Crippen LogP contribution is -2.21. The number of aliphatic carboxylic acids is 1. The molecule has 0 heterocycles. The van der Waals surface area contributed by atoms with Crippen molar-refractivity contribution in [3.8, 4) is 0 Å². The Morgan fingerprint density at radius 1 is 1.57 bits per heavy atom. The zero-order valence-corrected chi connectivity index (χ0v) is 8.34. The topological polar surface area (TPSA) is 63.3 Å². The van der Waals surface area contributed by atoms with Gasteiger partial charge in [-0.1, -0.05) is 12.1 Å². The molecule has 0 aliphatic rings. The fourth-order valence-electron chi connectivity index (χ4n) is 1.02. The van der Waals surface area contributed by atoms with Crippen LogP contribution in [0.25, 0.3) is 0 Å². The molecule has 0 unspecified atom stereocenters. The van der Waals surface area contributed by atoms with Crippen molar-refractivity contribution < 1.29 is 14.3 Å². The van der Waals surface area contributed by atoms with Crippen molar-refractivity contribution in [1.29, 1.82) is 0 Å². The third-order valence-corrected chi connectivity index (χ3v) is 1.76. The maximum Gasteiger partial charge on any atom is 0.325 e. The second kappa shape index (κ2) is 4.93. The average molecular weight is 220 g/mol. The van der Waals surface area contributed by atoms with Crippen molar-refractivity contribution in [2.24, 2.45) is 5.73 Å². The van der Waals surface area contributed by atoms with E-state index in [9.17, 15) is 9.18 Å². The number of halogens is 2. The Labute approximate surface area is 87.1 Å². The van der Waals surface area contributed by atoms with Gasteiger partial charge in [0, 0.05) is 5.56 Å². The van der Waals surface area contributed by atoms with Crippen LogP contribution in [0.3, 0.4) is 0 Å². The van der Waals surface area contributed by atoms with Crippen LogP contribution in [-0.2, 0) is 4.79 Å². The predicted molar refractivity (Wildman–Crippen MR) is 52.9 cm³/mol. The Balaban J connectivity index is 0.00000169. The molecule has 1 rings (SSSR count). The van der Waals surface area contributed by atoms with Crippen LogP contribution in [0, 0.1) is 12.7 Å². The lowest BCUT2D eigenvalue weighted by atomic mass is 10.1. The number of rotatable bonds is 2. The molecule has 1 atom stereocenters. The molecule has 0 aromatic heterocycles. The normalized spacial score (nSPS) is 11.6. The molecule has 78 valence electrons. The first-order valence-corrected chi connectivity index (χ1v) is 3.77.